The fraction of sp³-hybridized carbons (Fsp3) is 0.667. The van der Waals surface area contributed by atoms with Crippen LogP contribution >= 0.6 is 0 Å². The number of β-amino-alcohol motifs (C(OH)–C–C–N with tert-alkyl or cyclic N) is 1. The quantitative estimate of drug-likeness (QED) is 0.861. The van der Waals surface area contributed by atoms with Crippen LogP contribution in [-0.2, 0) is 4.74 Å². The summed E-state index contributed by atoms with van der Waals surface area (Å²) in [5, 5.41) is 9.79. The average molecular weight is 376 g/mol. The molecule has 0 spiro atoms. The molecule has 6 nitrogen and oxygen atoms in total. The molecule has 2 atom stereocenters. The Morgan fingerprint density at radius 1 is 1.19 bits per heavy atom. The van der Waals surface area contributed by atoms with Crippen molar-refractivity contribution in [1.82, 2.24) is 4.90 Å². The number of hydrogen-bond donors (Lipinski definition) is 1. The van der Waals surface area contributed by atoms with Gasteiger partial charge >= 0.3 is 6.09 Å². The van der Waals surface area contributed by atoms with Gasteiger partial charge in [0.05, 0.1) is 6.10 Å². The van der Waals surface area contributed by atoms with Gasteiger partial charge in [0.1, 0.15) is 5.60 Å². The molecular weight excluding hydrogens is 342 g/mol. The van der Waals surface area contributed by atoms with Crippen molar-refractivity contribution in [2.45, 2.75) is 58.8 Å². The number of aliphatic hydroxyl groups excluding tert-OH is 1. The summed E-state index contributed by atoms with van der Waals surface area (Å²) in [4.78, 5) is 18.8. The lowest BCUT2D eigenvalue weighted by molar-refractivity contribution is 0.0219. The van der Waals surface area contributed by atoms with Crippen molar-refractivity contribution in [2.75, 3.05) is 42.5 Å². The first-order valence-electron chi connectivity index (χ1n) is 9.92. The number of anilines is 2. The maximum atomic E-state index is 12.3. The molecule has 6 heteroatoms. The number of piperazine rings is 1. The zero-order valence-corrected chi connectivity index (χ0v) is 17.2. The number of amides is 1. The number of nitrogens with zero attached hydrogens (tertiary/aromatic N) is 3. The fourth-order valence-corrected chi connectivity index (χ4v) is 3.97. The second kappa shape index (κ2) is 7.58. The largest absolute Gasteiger partial charge is 0.444 e. The van der Waals surface area contributed by atoms with Gasteiger partial charge in [0.25, 0.3) is 0 Å². The summed E-state index contributed by atoms with van der Waals surface area (Å²) in [5.41, 5.74) is 3.15. The van der Waals surface area contributed by atoms with Crippen LogP contribution < -0.4 is 9.80 Å². The summed E-state index contributed by atoms with van der Waals surface area (Å²) in [6.45, 7) is 13.7. The van der Waals surface area contributed by atoms with Crippen molar-refractivity contribution < 1.29 is 14.6 Å². The highest BCUT2D eigenvalue weighted by atomic mass is 16.6. The zero-order chi connectivity index (χ0) is 19.8. The number of aliphatic hydroxyl groups is 1. The van der Waals surface area contributed by atoms with E-state index in [0.717, 1.165) is 19.5 Å². The third-order valence-corrected chi connectivity index (χ3v) is 5.30. The molecule has 0 aromatic heterocycles. The molecule has 2 aliphatic rings. The Kier molecular flexibility index (Phi) is 5.56. The lowest BCUT2D eigenvalue weighted by Gasteiger charge is -2.41. The molecule has 0 radical (unpaired) electrons. The van der Waals surface area contributed by atoms with Crippen LogP contribution in [0.3, 0.4) is 0 Å². The van der Waals surface area contributed by atoms with Gasteiger partial charge in [-0.3, -0.25) is 0 Å². The molecule has 0 saturated carbocycles. The van der Waals surface area contributed by atoms with Crippen molar-refractivity contribution >= 4 is 17.5 Å². The molecular formula is C21H33N3O3. The number of benzene rings is 1. The molecule has 1 aromatic rings. The Morgan fingerprint density at radius 3 is 2.48 bits per heavy atom. The molecule has 1 amide bonds. The lowest BCUT2D eigenvalue weighted by atomic mass is 10.1. The fourth-order valence-electron chi connectivity index (χ4n) is 3.97. The van der Waals surface area contributed by atoms with Crippen molar-refractivity contribution in [2.24, 2.45) is 0 Å². The molecule has 0 bridgehead atoms. The Hall–Kier alpha value is -1.95. The van der Waals surface area contributed by atoms with Crippen LogP contribution in [0.4, 0.5) is 16.2 Å². The molecule has 150 valence electrons. The number of rotatable bonds is 2. The van der Waals surface area contributed by atoms with Crippen LogP contribution in [-0.4, -0.2) is 66.6 Å². The van der Waals surface area contributed by atoms with E-state index in [1.54, 1.807) is 4.90 Å². The van der Waals surface area contributed by atoms with E-state index >= 15 is 0 Å². The third kappa shape index (κ3) is 4.67. The summed E-state index contributed by atoms with van der Waals surface area (Å²) in [6.07, 6.45) is 0.392. The highest BCUT2D eigenvalue weighted by Gasteiger charge is 2.30. The first-order valence-corrected chi connectivity index (χ1v) is 9.92. The molecule has 2 saturated heterocycles. The van der Waals surface area contributed by atoms with E-state index in [1.165, 1.54) is 16.9 Å². The number of ether oxygens (including phenoxy) is 1. The smallest absolute Gasteiger partial charge is 0.410 e. The van der Waals surface area contributed by atoms with Gasteiger partial charge in [0, 0.05) is 50.1 Å². The van der Waals surface area contributed by atoms with E-state index in [1.807, 2.05) is 20.8 Å². The molecule has 1 aromatic carbocycles. The van der Waals surface area contributed by atoms with Gasteiger partial charge in [0.15, 0.2) is 0 Å². The van der Waals surface area contributed by atoms with Crippen LogP contribution in [0, 0.1) is 6.92 Å². The topological polar surface area (TPSA) is 56.2 Å². The van der Waals surface area contributed by atoms with E-state index in [-0.39, 0.29) is 18.2 Å². The molecule has 0 unspecified atom stereocenters. The Morgan fingerprint density at radius 2 is 1.93 bits per heavy atom. The van der Waals surface area contributed by atoms with E-state index in [4.69, 9.17) is 4.74 Å². The Bertz CT molecular complexity index is 686. The minimum absolute atomic E-state index is 0.218. The zero-order valence-electron chi connectivity index (χ0n) is 17.2. The summed E-state index contributed by atoms with van der Waals surface area (Å²) in [5.74, 6) is 0. The van der Waals surface area contributed by atoms with Gasteiger partial charge in [0.2, 0.25) is 0 Å². The van der Waals surface area contributed by atoms with Crippen LogP contribution in [0.5, 0.6) is 0 Å². The van der Waals surface area contributed by atoms with E-state index in [9.17, 15) is 9.90 Å². The Labute approximate surface area is 162 Å². The predicted molar refractivity (Wildman–Crippen MR) is 109 cm³/mol. The van der Waals surface area contributed by atoms with Crippen LogP contribution in [0.25, 0.3) is 0 Å². The first-order chi connectivity index (χ1) is 12.6. The van der Waals surface area contributed by atoms with Crippen LogP contribution in [0.1, 0.15) is 39.7 Å². The van der Waals surface area contributed by atoms with E-state index in [2.05, 4.69) is 41.8 Å². The van der Waals surface area contributed by atoms with E-state index in [0.29, 0.717) is 19.6 Å². The Balaban J connectivity index is 1.66. The van der Waals surface area contributed by atoms with Gasteiger partial charge in [-0.1, -0.05) is 0 Å². The van der Waals surface area contributed by atoms with Crippen molar-refractivity contribution in [1.29, 1.82) is 0 Å². The third-order valence-electron chi connectivity index (χ3n) is 5.30. The number of carbonyl (C=O) groups is 1. The molecule has 2 heterocycles. The standard InChI is InChI=1S/C21H33N3O3/c1-15-12-17(6-7-19(15)22-9-8-18(25)14-22)24-11-10-23(13-16(24)2)20(26)27-21(3,4)5/h6-7,12,16,18,25H,8-11,13-14H2,1-5H3/t16-,18-/m1/s1. The lowest BCUT2D eigenvalue weighted by Crippen LogP contribution is -2.54. The average Bonchev–Trinajstić information content (AvgIpc) is 2.99. The van der Waals surface area contributed by atoms with Crippen molar-refractivity contribution in [3.05, 3.63) is 23.8 Å². The van der Waals surface area contributed by atoms with Gasteiger partial charge in [-0.2, -0.15) is 0 Å². The van der Waals surface area contributed by atoms with Gasteiger partial charge < -0.3 is 24.5 Å². The normalized spacial score (nSPS) is 23.7. The summed E-state index contributed by atoms with van der Waals surface area (Å²) >= 11 is 0. The highest BCUT2D eigenvalue weighted by Crippen LogP contribution is 2.30. The first kappa shape index (κ1) is 19.8. The summed E-state index contributed by atoms with van der Waals surface area (Å²) in [6, 6.07) is 6.77. The second-order valence-corrected chi connectivity index (χ2v) is 8.83. The van der Waals surface area contributed by atoms with Crippen molar-refractivity contribution in [3.63, 3.8) is 0 Å². The minimum atomic E-state index is -0.465. The van der Waals surface area contributed by atoms with Gasteiger partial charge in [-0.25, -0.2) is 4.79 Å². The van der Waals surface area contributed by atoms with Crippen LogP contribution in [0.15, 0.2) is 18.2 Å². The maximum Gasteiger partial charge on any atom is 0.410 e. The monoisotopic (exact) mass is 375 g/mol. The van der Waals surface area contributed by atoms with Gasteiger partial charge in [-0.15, -0.1) is 0 Å². The molecule has 3 rings (SSSR count). The van der Waals surface area contributed by atoms with Crippen molar-refractivity contribution in [3.8, 4) is 0 Å². The number of aryl methyl sites for hydroxylation is 1. The maximum absolute atomic E-state index is 12.3. The second-order valence-electron chi connectivity index (χ2n) is 8.83. The van der Waals surface area contributed by atoms with E-state index < -0.39 is 5.60 Å². The summed E-state index contributed by atoms with van der Waals surface area (Å²) in [7, 11) is 0. The SMILES string of the molecule is Cc1cc(N2CCN(C(=O)OC(C)(C)C)C[C@H]2C)ccc1N1CC[C@@H](O)C1. The predicted octanol–water partition coefficient (Wildman–Crippen LogP) is 3.01. The highest BCUT2D eigenvalue weighted by molar-refractivity contribution is 5.69. The molecule has 0 aliphatic carbocycles. The molecule has 27 heavy (non-hydrogen) atoms. The molecule has 2 fully saturated rings. The molecule has 2 aliphatic heterocycles. The minimum Gasteiger partial charge on any atom is -0.444 e. The number of carbonyl (C=O) groups excluding carboxylic acids is 1. The molecule has 1 N–H and O–H groups in total. The van der Waals surface area contributed by atoms with Crippen LogP contribution in [0.2, 0.25) is 0 Å². The van der Waals surface area contributed by atoms with Gasteiger partial charge in [-0.05, 0) is 64.8 Å². The number of hydrogen-bond acceptors (Lipinski definition) is 5. The summed E-state index contributed by atoms with van der Waals surface area (Å²) < 4.78 is 5.51.